The third kappa shape index (κ3) is 4.97. The molecule has 0 spiro atoms. The van der Waals surface area contributed by atoms with E-state index in [1.807, 2.05) is 42.7 Å². The van der Waals surface area contributed by atoms with Crippen molar-refractivity contribution in [3.05, 3.63) is 99.5 Å². The van der Waals surface area contributed by atoms with Gasteiger partial charge in [0.15, 0.2) is 5.75 Å². The van der Waals surface area contributed by atoms with Crippen molar-refractivity contribution in [3.63, 3.8) is 0 Å². The maximum Gasteiger partial charge on any atom is 0.311 e. The highest BCUT2D eigenvalue weighted by atomic mass is 32.2. The Morgan fingerprint density at radius 3 is 2.45 bits per heavy atom. The van der Waals surface area contributed by atoms with Crippen molar-refractivity contribution in [1.82, 2.24) is 9.55 Å². The first kappa shape index (κ1) is 23.1. The van der Waals surface area contributed by atoms with Crippen LogP contribution >= 0.6 is 0 Å². The minimum absolute atomic E-state index is 0.0352. The average Bonchev–Trinajstić information content (AvgIpc) is 2.82. The molecule has 1 N–H and O–H groups in total. The van der Waals surface area contributed by atoms with E-state index in [9.17, 15) is 9.90 Å². The number of fused-ring (bicyclic) bond motifs is 1. The highest BCUT2D eigenvalue weighted by molar-refractivity contribution is 7.96. The van der Waals surface area contributed by atoms with E-state index in [4.69, 9.17) is 4.74 Å². The molecule has 0 saturated carbocycles. The van der Waals surface area contributed by atoms with Crippen molar-refractivity contribution >= 4 is 21.9 Å². The topological polar surface area (TPSA) is 64.3 Å². The predicted octanol–water partition coefficient (Wildman–Crippen LogP) is 4.59. The molecule has 2 heterocycles. The van der Waals surface area contributed by atoms with Gasteiger partial charge in [-0.15, -0.1) is 0 Å². The van der Waals surface area contributed by atoms with Crippen LogP contribution in [0.5, 0.6) is 5.75 Å². The summed E-state index contributed by atoms with van der Waals surface area (Å²) in [6, 6.07) is 19.7. The molecule has 5 nitrogen and oxygen atoms in total. The Morgan fingerprint density at radius 1 is 1.00 bits per heavy atom. The maximum absolute atomic E-state index is 13.5. The van der Waals surface area contributed by atoms with Crippen LogP contribution < -0.4 is 5.56 Å². The van der Waals surface area contributed by atoms with E-state index >= 15 is 0 Å². The van der Waals surface area contributed by atoms with Crippen LogP contribution in [0.2, 0.25) is 0 Å². The van der Waals surface area contributed by atoms with Crippen molar-refractivity contribution in [2.75, 3.05) is 18.6 Å². The molecule has 2 aromatic carbocycles. The zero-order valence-electron chi connectivity index (χ0n) is 19.2. The van der Waals surface area contributed by atoms with Crippen molar-refractivity contribution in [3.8, 4) is 5.75 Å². The summed E-state index contributed by atoms with van der Waals surface area (Å²) in [5, 5.41) is 11.6. The highest BCUT2D eigenvalue weighted by Crippen LogP contribution is 2.29. The van der Waals surface area contributed by atoms with Crippen LogP contribution in [0.25, 0.3) is 11.0 Å². The van der Waals surface area contributed by atoms with E-state index in [1.165, 1.54) is 16.7 Å². The minimum Gasteiger partial charge on any atom is -0.503 e. The number of aromatic hydroxyl groups is 1. The fourth-order valence-electron chi connectivity index (χ4n) is 4.00. The molecule has 0 amide bonds. The monoisotopic (exact) mass is 461 g/mol. The van der Waals surface area contributed by atoms with Gasteiger partial charge in [-0.25, -0.2) is 4.98 Å². The van der Waals surface area contributed by atoms with Gasteiger partial charge in [0.25, 0.3) is 4.90 Å². The Bertz CT molecular complexity index is 1300. The summed E-state index contributed by atoms with van der Waals surface area (Å²) < 4.78 is 7.64. The number of nitrogens with zero attached hydrogens (tertiary/aromatic N) is 2. The number of ether oxygens (including phenoxy) is 1. The molecular weight excluding hydrogens is 432 g/mol. The average molecular weight is 462 g/mol. The lowest BCUT2D eigenvalue weighted by molar-refractivity contribution is 0.135. The van der Waals surface area contributed by atoms with E-state index in [0.29, 0.717) is 41.4 Å². The Morgan fingerprint density at radius 2 is 1.73 bits per heavy atom. The molecule has 0 radical (unpaired) electrons. The number of aryl methyl sites for hydroxylation is 2. The Hall–Kier alpha value is -3.09. The number of benzene rings is 2. The lowest BCUT2D eigenvalue weighted by Crippen LogP contribution is -2.29. The quantitative estimate of drug-likeness (QED) is 0.308. The summed E-state index contributed by atoms with van der Waals surface area (Å²) in [5.41, 5.74) is 4.95. The van der Waals surface area contributed by atoms with Crippen LogP contribution in [0.4, 0.5) is 0 Å². The molecule has 0 bridgehead atoms. The number of pyridine rings is 2. The van der Waals surface area contributed by atoms with E-state index in [-0.39, 0.29) is 11.3 Å². The lowest BCUT2D eigenvalue weighted by atomic mass is 10.0. The Labute approximate surface area is 197 Å². The molecule has 33 heavy (non-hydrogen) atoms. The molecule has 6 heteroatoms. The molecule has 0 aliphatic carbocycles. The van der Waals surface area contributed by atoms with Crippen LogP contribution in [0.15, 0.2) is 76.6 Å². The summed E-state index contributed by atoms with van der Waals surface area (Å²) in [6.45, 7) is 5.64. The van der Waals surface area contributed by atoms with Gasteiger partial charge in [-0.2, -0.15) is 0 Å². The molecule has 0 aliphatic rings. The van der Waals surface area contributed by atoms with E-state index < -0.39 is 10.9 Å². The molecule has 1 unspecified atom stereocenters. The number of rotatable bonds is 8. The Balaban J connectivity index is 1.58. The predicted molar refractivity (Wildman–Crippen MR) is 135 cm³/mol. The molecule has 170 valence electrons. The van der Waals surface area contributed by atoms with E-state index in [0.717, 1.165) is 5.56 Å². The van der Waals surface area contributed by atoms with Gasteiger partial charge in [0, 0.05) is 17.1 Å². The summed E-state index contributed by atoms with van der Waals surface area (Å²) in [5.74, 6) is 0.693. The lowest BCUT2D eigenvalue weighted by Gasteiger charge is -2.14. The zero-order chi connectivity index (χ0) is 23.4. The van der Waals surface area contributed by atoms with Crippen molar-refractivity contribution in [2.24, 2.45) is 0 Å². The molecular formula is C27H29N2O3S+. The molecule has 4 aromatic rings. The summed E-state index contributed by atoms with van der Waals surface area (Å²) in [7, 11) is -0.486. The molecule has 4 rings (SSSR count). The van der Waals surface area contributed by atoms with E-state index in [2.05, 4.69) is 37.0 Å². The normalized spacial score (nSPS) is 12.2. The van der Waals surface area contributed by atoms with Crippen LogP contribution in [0, 0.1) is 13.8 Å². The molecule has 2 aromatic heterocycles. The largest absolute Gasteiger partial charge is 0.503 e. The van der Waals surface area contributed by atoms with E-state index in [1.54, 1.807) is 16.8 Å². The van der Waals surface area contributed by atoms with Crippen molar-refractivity contribution in [2.45, 2.75) is 31.9 Å². The standard InChI is InChI=1S/C27H28N2O3S/c1-19-9-7-10-20(2)23(19)18-32-15-16-33(3)25-24(30)22-13-8-14-28-26(22)29(27(25)31)17-21-11-5-4-6-12-21/h4-14H,15-18H2,1-3H3/p+1. The van der Waals surface area contributed by atoms with Gasteiger partial charge in [0.05, 0.1) is 25.1 Å². The number of hydrogen-bond donors (Lipinski definition) is 1. The van der Waals surface area contributed by atoms with Crippen molar-refractivity contribution < 1.29 is 9.84 Å². The smallest absolute Gasteiger partial charge is 0.311 e. The first-order valence-corrected chi connectivity index (χ1v) is 12.8. The third-order valence-corrected chi connectivity index (χ3v) is 7.75. The van der Waals surface area contributed by atoms with Gasteiger partial charge < -0.3 is 9.84 Å². The highest BCUT2D eigenvalue weighted by Gasteiger charge is 2.29. The first-order valence-electron chi connectivity index (χ1n) is 11.0. The third-order valence-electron chi connectivity index (χ3n) is 5.91. The van der Waals surface area contributed by atoms with Gasteiger partial charge in [-0.1, -0.05) is 48.5 Å². The summed E-state index contributed by atoms with van der Waals surface area (Å²) in [6.07, 6.45) is 3.64. The SMILES string of the molecule is Cc1cccc(C)c1COCC[S+](C)c1c(O)c2cccnc2n(Cc2ccccc2)c1=O. The molecule has 0 saturated heterocycles. The molecule has 1 atom stereocenters. The minimum atomic E-state index is -0.486. The molecule has 0 aliphatic heterocycles. The van der Waals surface area contributed by atoms with Crippen LogP contribution in [0.3, 0.4) is 0 Å². The zero-order valence-corrected chi connectivity index (χ0v) is 20.1. The fourth-order valence-corrected chi connectivity index (χ4v) is 5.42. The first-order chi connectivity index (χ1) is 16.0. The number of hydrogen-bond acceptors (Lipinski definition) is 4. The van der Waals surface area contributed by atoms with Crippen molar-refractivity contribution in [1.29, 1.82) is 0 Å². The van der Waals surface area contributed by atoms with Gasteiger partial charge in [0.2, 0.25) is 0 Å². The van der Waals surface area contributed by atoms with Crippen LogP contribution in [-0.2, 0) is 28.8 Å². The molecule has 0 fully saturated rings. The Kier molecular flexibility index (Phi) is 7.16. The maximum atomic E-state index is 13.5. The number of aromatic nitrogens is 2. The second-order valence-corrected chi connectivity index (χ2v) is 10.3. The fraction of sp³-hybridized carbons (Fsp3) is 0.259. The van der Waals surface area contributed by atoms with Gasteiger partial charge >= 0.3 is 5.56 Å². The summed E-state index contributed by atoms with van der Waals surface area (Å²) in [4.78, 5) is 18.4. The van der Waals surface area contributed by atoms with Crippen LogP contribution in [0.1, 0.15) is 22.3 Å². The van der Waals surface area contributed by atoms with Crippen LogP contribution in [-0.4, -0.2) is 33.3 Å². The summed E-state index contributed by atoms with van der Waals surface area (Å²) >= 11 is 0. The van der Waals surface area contributed by atoms with Gasteiger partial charge in [0.1, 0.15) is 17.7 Å². The van der Waals surface area contributed by atoms with Gasteiger partial charge in [-0.3, -0.25) is 9.36 Å². The van der Waals surface area contributed by atoms with Gasteiger partial charge in [-0.05, 0) is 48.2 Å². The second kappa shape index (κ2) is 10.2. The second-order valence-electron chi connectivity index (χ2n) is 8.19.